The Morgan fingerprint density at radius 1 is 1.38 bits per heavy atom. The van der Waals surface area contributed by atoms with Crippen LogP contribution in [0.15, 0.2) is 4.99 Å². The molecule has 1 saturated carbocycles. The molecule has 1 aliphatic carbocycles. The highest BCUT2D eigenvalue weighted by molar-refractivity contribution is 5.81. The van der Waals surface area contributed by atoms with Crippen LogP contribution in [0, 0.1) is 5.92 Å². The van der Waals surface area contributed by atoms with Crippen LogP contribution in [-0.2, 0) is 0 Å². The maximum atomic E-state index is 4.41. The molecule has 0 saturated heterocycles. The molecule has 0 spiro atoms. The van der Waals surface area contributed by atoms with E-state index in [0.29, 0.717) is 18.0 Å². The minimum atomic E-state index is 0.575. The number of nitrogens with zero attached hydrogens (tertiary/aromatic N) is 2. The van der Waals surface area contributed by atoms with Crippen molar-refractivity contribution in [1.29, 1.82) is 0 Å². The van der Waals surface area contributed by atoms with Gasteiger partial charge in [0.2, 0.25) is 0 Å². The minimum absolute atomic E-state index is 0.575. The summed E-state index contributed by atoms with van der Waals surface area (Å²) in [4.78, 5) is 6.78. The molecule has 0 aromatic rings. The van der Waals surface area contributed by atoms with Crippen LogP contribution in [0.1, 0.15) is 26.2 Å². The van der Waals surface area contributed by atoms with Gasteiger partial charge in [-0.15, -0.1) is 0 Å². The Bertz CT molecular complexity index is 262. The molecule has 1 fully saturated rings. The third-order valence-electron chi connectivity index (χ3n) is 3.92. The molecule has 0 aromatic heterocycles. The molecule has 4 heteroatoms. The molecule has 0 aromatic carbocycles. The summed E-state index contributed by atoms with van der Waals surface area (Å²) in [5.41, 5.74) is 0. The van der Waals surface area contributed by atoms with Gasteiger partial charge in [0.25, 0.3) is 0 Å². The molecule has 92 valence electrons. The van der Waals surface area contributed by atoms with Crippen LogP contribution in [0.5, 0.6) is 0 Å². The summed E-state index contributed by atoms with van der Waals surface area (Å²) in [6.07, 6.45) is 3.91. The molecule has 3 unspecified atom stereocenters. The molecule has 2 aliphatic rings. The molecule has 2 rings (SSSR count). The number of rotatable bonds is 2. The fraction of sp³-hybridized carbons (Fsp3) is 0.917. The summed E-state index contributed by atoms with van der Waals surface area (Å²) in [6, 6.07) is 1.28. The third kappa shape index (κ3) is 2.48. The number of hydrogen-bond acceptors (Lipinski definition) is 4. The van der Waals surface area contributed by atoms with Crippen molar-refractivity contribution in [3.05, 3.63) is 0 Å². The topological polar surface area (TPSA) is 39.7 Å². The van der Waals surface area contributed by atoms with Crippen molar-refractivity contribution in [2.45, 2.75) is 38.3 Å². The van der Waals surface area contributed by atoms with E-state index in [1.807, 2.05) is 0 Å². The van der Waals surface area contributed by atoms with Crippen LogP contribution in [0.2, 0.25) is 0 Å². The van der Waals surface area contributed by atoms with Crippen LogP contribution in [0.25, 0.3) is 0 Å². The summed E-state index contributed by atoms with van der Waals surface area (Å²) in [6.45, 7) is 4.26. The van der Waals surface area contributed by atoms with Gasteiger partial charge >= 0.3 is 0 Å². The zero-order chi connectivity index (χ0) is 11.5. The monoisotopic (exact) mass is 224 g/mol. The van der Waals surface area contributed by atoms with Crippen molar-refractivity contribution in [3.63, 3.8) is 0 Å². The highest BCUT2D eigenvalue weighted by atomic mass is 15.2. The van der Waals surface area contributed by atoms with Gasteiger partial charge in [-0.25, -0.2) is 0 Å². The van der Waals surface area contributed by atoms with E-state index in [1.54, 1.807) is 0 Å². The van der Waals surface area contributed by atoms with Gasteiger partial charge < -0.3 is 15.5 Å². The fourth-order valence-corrected chi connectivity index (χ4v) is 2.94. The van der Waals surface area contributed by atoms with E-state index in [1.165, 1.54) is 19.3 Å². The van der Waals surface area contributed by atoms with Crippen molar-refractivity contribution >= 4 is 5.96 Å². The number of nitrogens with one attached hydrogen (secondary N) is 2. The highest BCUT2D eigenvalue weighted by Gasteiger charge is 2.31. The minimum Gasteiger partial charge on any atom is -0.355 e. The van der Waals surface area contributed by atoms with Gasteiger partial charge in [-0.05, 0) is 39.3 Å². The van der Waals surface area contributed by atoms with E-state index >= 15 is 0 Å². The lowest BCUT2D eigenvalue weighted by atomic mass is 9.81. The van der Waals surface area contributed by atoms with Gasteiger partial charge in [0, 0.05) is 18.6 Å². The first-order valence-electron chi connectivity index (χ1n) is 6.40. The molecule has 1 heterocycles. The van der Waals surface area contributed by atoms with Crippen LogP contribution in [-0.4, -0.2) is 50.1 Å². The number of hydrogen-bond donors (Lipinski definition) is 2. The molecule has 1 aliphatic heterocycles. The predicted molar refractivity (Wildman–Crippen MR) is 67.7 cm³/mol. The Kier molecular flexibility index (Phi) is 3.69. The zero-order valence-electron chi connectivity index (χ0n) is 10.7. The molecule has 16 heavy (non-hydrogen) atoms. The molecule has 3 atom stereocenters. The lowest BCUT2D eigenvalue weighted by Gasteiger charge is -2.40. The lowest BCUT2D eigenvalue weighted by molar-refractivity contribution is 0.141. The summed E-state index contributed by atoms with van der Waals surface area (Å²) in [7, 11) is 4.38. The van der Waals surface area contributed by atoms with Gasteiger partial charge in [0.1, 0.15) is 0 Å². The predicted octanol–water partition coefficient (Wildman–Crippen LogP) is 0.654. The average Bonchev–Trinajstić information content (AvgIpc) is 2.73. The second-order valence-corrected chi connectivity index (χ2v) is 5.23. The van der Waals surface area contributed by atoms with Gasteiger partial charge in [-0.2, -0.15) is 0 Å². The van der Waals surface area contributed by atoms with Crippen molar-refractivity contribution in [1.82, 2.24) is 15.5 Å². The van der Waals surface area contributed by atoms with Crippen LogP contribution < -0.4 is 10.6 Å². The lowest BCUT2D eigenvalue weighted by Crippen LogP contribution is -2.52. The van der Waals surface area contributed by atoms with Crippen molar-refractivity contribution in [3.8, 4) is 0 Å². The first-order valence-corrected chi connectivity index (χ1v) is 6.40. The zero-order valence-corrected chi connectivity index (χ0v) is 10.7. The van der Waals surface area contributed by atoms with Gasteiger partial charge in [-0.1, -0.05) is 6.92 Å². The normalized spacial score (nSPS) is 34.8. The molecular weight excluding hydrogens is 200 g/mol. The van der Waals surface area contributed by atoms with Gasteiger partial charge in [0.05, 0.1) is 6.54 Å². The summed E-state index contributed by atoms with van der Waals surface area (Å²) >= 11 is 0. The smallest absolute Gasteiger partial charge is 0.191 e. The first kappa shape index (κ1) is 11.7. The Labute approximate surface area is 98.5 Å². The Hall–Kier alpha value is -0.770. The largest absolute Gasteiger partial charge is 0.355 e. The second-order valence-electron chi connectivity index (χ2n) is 5.23. The standard InChI is InChI=1S/C12H24N4/c1-9-10(15-12-13-7-8-14-12)5-4-6-11(9)16(2)3/h9-11H,4-8H2,1-3H3,(H2,13,14,15). The van der Waals surface area contributed by atoms with Crippen molar-refractivity contribution < 1.29 is 0 Å². The summed E-state index contributed by atoms with van der Waals surface area (Å²) in [5.74, 6) is 1.70. The van der Waals surface area contributed by atoms with Crippen LogP contribution in [0.3, 0.4) is 0 Å². The first-order chi connectivity index (χ1) is 7.68. The maximum absolute atomic E-state index is 4.41. The Morgan fingerprint density at radius 2 is 2.19 bits per heavy atom. The maximum Gasteiger partial charge on any atom is 0.191 e. The Morgan fingerprint density at radius 3 is 2.81 bits per heavy atom. The Balaban J connectivity index is 1.93. The van der Waals surface area contributed by atoms with E-state index in [2.05, 4.69) is 41.5 Å². The average molecular weight is 224 g/mol. The van der Waals surface area contributed by atoms with E-state index in [-0.39, 0.29) is 0 Å². The van der Waals surface area contributed by atoms with Crippen LogP contribution >= 0.6 is 0 Å². The summed E-state index contributed by atoms with van der Waals surface area (Å²) in [5, 5.41) is 6.86. The fourth-order valence-electron chi connectivity index (χ4n) is 2.94. The quantitative estimate of drug-likeness (QED) is 0.723. The molecule has 2 N–H and O–H groups in total. The highest BCUT2D eigenvalue weighted by Crippen LogP contribution is 2.27. The molecular formula is C12H24N4. The van der Waals surface area contributed by atoms with Crippen molar-refractivity contribution in [2.24, 2.45) is 10.9 Å². The van der Waals surface area contributed by atoms with E-state index in [9.17, 15) is 0 Å². The van der Waals surface area contributed by atoms with Crippen molar-refractivity contribution in [2.75, 3.05) is 27.2 Å². The second kappa shape index (κ2) is 5.04. The molecule has 0 bridgehead atoms. The third-order valence-corrected chi connectivity index (χ3v) is 3.92. The van der Waals surface area contributed by atoms with Gasteiger partial charge in [0.15, 0.2) is 5.96 Å². The molecule has 0 amide bonds. The van der Waals surface area contributed by atoms with Crippen LogP contribution in [0.4, 0.5) is 0 Å². The van der Waals surface area contributed by atoms with Gasteiger partial charge in [-0.3, -0.25) is 4.99 Å². The molecule has 4 nitrogen and oxygen atoms in total. The van der Waals surface area contributed by atoms with E-state index in [4.69, 9.17) is 0 Å². The van der Waals surface area contributed by atoms with E-state index in [0.717, 1.165) is 19.0 Å². The number of guanidine groups is 1. The molecule has 0 radical (unpaired) electrons. The number of aliphatic imine (C=N–C) groups is 1. The summed E-state index contributed by atoms with van der Waals surface area (Å²) < 4.78 is 0. The SMILES string of the molecule is CC1C(NC2=NCCN2)CCCC1N(C)C. The van der Waals surface area contributed by atoms with E-state index < -0.39 is 0 Å².